The molecule has 2 aromatic heterocycles. The Balaban J connectivity index is 1.36. The minimum absolute atomic E-state index is 0.0148. The first kappa shape index (κ1) is 40.0. The summed E-state index contributed by atoms with van der Waals surface area (Å²) in [6.07, 6.45) is -4.26. The summed E-state index contributed by atoms with van der Waals surface area (Å²) in [4.78, 5) is 77.4. The lowest BCUT2D eigenvalue weighted by Crippen LogP contribution is -2.42. The number of nitrogens with zero attached hydrogens (tertiary/aromatic N) is 6. The van der Waals surface area contributed by atoms with Crippen molar-refractivity contribution in [3.05, 3.63) is 179 Å². The molecule has 4 atom stereocenters. The van der Waals surface area contributed by atoms with E-state index < -0.39 is 54.6 Å². The minimum atomic E-state index is -1.55. The summed E-state index contributed by atoms with van der Waals surface area (Å²) >= 11 is 0. The Labute approximate surface area is 349 Å². The van der Waals surface area contributed by atoms with Crippen molar-refractivity contribution in [2.75, 3.05) is 20.7 Å². The molecule has 0 radical (unpaired) electrons. The third-order valence-corrected chi connectivity index (χ3v) is 9.64. The van der Waals surface area contributed by atoms with Crippen LogP contribution in [0.15, 0.2) is 161 Å². The molecule has 8 rings (SSSR count). The Morgan fingerprint density at radius 3 is 1.69 bits per heavy atom. The molecule has 0 amide bonds. The molecule has 0 unspecified atom stereocenters. The van der Waals surface area contributed by atoms with Gasteiger partial charge in [-0.25, -0.2) is 34.3 Å². The van der Waals surface area contributed by atoms with Crippen LogP contribution in [0.1, 0.15) is 37.3 Å². The lowest BCUT2D eigenvalue weighted by Gasteiger charge is -2.26. The van der Waals surface area contributed by atoms with E-state index in [1.165, 1.54) is 4.57 Å². The molecule has 0 aliphatic carbocycles. The molecule has 7 aromatic rings. The fraction of sp³-hybridized carbons (Fsp3) is 0.149. The van der Waals surface area contributed by atoms with Crippen molar-refractivity contribution in [1.82, 2.24) is 24.4 Å². The number of carbonyl (C=O) groups is 3. The maximum atomic E-state index is 15.2. The Hall–Kier alpha value is -7.84. The molecule has 14 nitrogen and oxygen atoms in total. The fourth-order valence-electron chi connectivity index (χ4n) is 6.73. The highest BCUT2D eigenvalue weighted by molar-refractivity contribution is 5.91. The molecular weight excluding hydrogens is 777 g/mol. The van der Waals surface area contributed by atoms with Crippen LogP contribution in [0.3, 0.4) is 0 Å². The zero-order valence-electron chi connectivity index (χ0n) is 33.0. The molecule has 0 N–H and O–H groups in total. The van der Waals surface area contributed by atoms with Gasteiger partial charge in [0.05, 0.1) is 23.0 Å². The van der Waals surface area contributed by atoms with Crippen LogP contribution in [0, 0.1) is 0 Å². The normalized spacial score (nSPS) is 17.2. The van der Waals surface area contributed by atoms with Gasteiger partial charge in [-0.3, -0.25) is 9.36 Å². The van der Waals surface area contributed by atoms with Gasteiger partial charge in [-0.1, -0.05) is 115 Å². The van der Waals surface area contributed by atoms with Crippen molar-refractivity contribution in [1.29, 1.82) is 0 Å². The summed E-state index contributed by atoms with van der Waals surface area (Å²) in [6, 6.07) is 42.6. The number of hydrogen-bond donors (Lipinski definition) is 0. The van der Waals surface area contributed by atoms with Crippen LogP contribution in [-0.2, 0) is 18.9 Å². The molecule has 1 aliphatic heterocycles. The molecule has 1 aliphatic rings. The van der Waals surface area contributed by atoms with Crippen LogP contribution in [0.5, 0.6) is 0 Å². The van der Waals surface area contributed by atoms with Crippen LogP contribution in [0.2, 0.25) is 0 Å². The van der Waals surface area contributed by atoms with Crippen LogP contribution in [0.25, 0.3) is 33.8 Å². The molecule has 0 saturated carbocycles. The second-order valence-electron chi connectivity index (χ2n) is 14.1. The van der Waals surface area contributed by atoms with Gasteiger partial charge in [-0.2, -0.15) is 0 Å². The second kappa shape index (κ2) is 18.0. The van der Waals surface area contributed by atoms with Crippen molar-refractivity contribution in [3.8, 4) is 22.6 Å². The van der Waals surface area contributed by atoms with Crippen molar-refractivity contribution in [3.63, 3.8) is 0 Å². The van der Waals surface area contributed by atoms with Crippen molar-refractivity contribution >= 4 is 41.2 Å². The highest BCUT2D eigenvalue weighted by Gasteiger charge is 2.52. The molecule has 1 saturated heterocycles. The number of aliphatic imine (C=N–C) groups is 1. The first-order chi connectivity index (χ1) is 29.7. The van der Waals surface area contributed by atoms with Crippen LogP contribution in [0.4, 0.5) is 5.82 Å². The third kappa shape index (κ3) is 8.79. The molecule has 0 spiro atoms. The van der Waals surface area contributed by atoms with E-state index in [-0.39, 0.29) is 45.2 Å². The van der Waals surface area contributed by atoms with E-state index in [1.54, 1.807) is 147 Å². The lowest BCUT2D eigenvalue weighted by molar-refractivity contribution is -0.0617. The maximum Gasteiger partial charge on any atom is 0.338 e. The molecule has 304 valence electrons. The average Bonchev–Trinajstić information content (AvgIpc) is 3.63. The standard InChI is InChI=1S/C47H38N6O8/c1-52(2)29-48-41-37-42(51-40(50-41)31-20-10-4-11-21-31)53(43(54)36(49-37)30-18-8-3-9-19-30)44-39(61-47(57)34-26-16-7-17-27-34)38(60-46(56)33-24-14-6-15-25-33)35(59-44)28-58-45(55)32-22-12-5-13-23-32/h3-27,29,35,38-39,44H,28H2,1-2H3/b48-29-/t35-,38-,39-,44-/m1/s1. The molecule has 14 heteroatoms. The molecular formula is C47H38N6O8. The van der Waals surface area contributed by atoms with Crippen LogP contribution < -0.4 is 5.56 Å². The Bertz CT molecular complexity index is 2750. The fourth-order valence-corrected chi connectivity index (χ4v) is 6.73. The minimum Gasteiger partial charge on any atom is -0.459 e. The summed E-state index contributed by atoms with van der Waals surface area (Å²) in [5, 5.41) is 0. The second-order valence-corrected chi connectivity index (χ2v) is 14.1. The van der Waals surface area contributed by atoms with Crippen LogP contribution in [-0.4, -0.2) is 87.7 Å². The number of rotatable bonds is 12. The van der Waals surface area contributed by atoms with Crippen LogP contribution >= 0.6 is 0 Å². The largest absolute Gasteiger partial charge is 0.459 e. The Kier molecular flexibility index (Phi) is 11.8. The smallest absolute Gasteiger partial charge is 0.338 e. The predicted molar refractivity (Wildman–Crippen MR) is 226 cm³/mol. The van der Waals surface area contributed by atoms with Crippen molar-refractivity contribution in [2.24, 2.45) is 4.99 Å². The molecule has 0 bridgehead atoms. The topological polar surface area (TPSA) is 164 Å². The highest BCUT2D eigenvalue weighted by atomic mass is 16.7. The third-order valence-electron chi connectivity index (χ3n) is 9.64. The monoisotopic (exact) mass is 814 g/mol. The Morgan fingerprint density at radius 2 is 1.15 bits per heavy atom. The zero-order valence-corrected chi connectivity index (χ0v) is 33.0. The SMILES string of the molecule is CN(C)/C=N\c1nc(-c2ccccc2)nc2c1nc(-c1ccccc1)c(=O)n2[C@@H]1O[C@H](COC(=O)c2ccccc2)[C@@H](OC(=O)c2ccccc2)[C@H]1OC(=O)c1ccccc1. The average molecular weight is 815 g/mol. The van der Waals surface area contributed by atoms with Gasteiger partial charge in [-0.15, -0.1) is 0 Å². The van der Waals surface area contributed by atoms with Gasteiger partial charge in [0.25, 0.3) is 5.56 Å². The predicted octanol–water partition coefficient (Wildman–Crippen LogP) is 6.95. The van der Waals surface area contributed by atoms with E-state index in [0.717, 1.165) is 0 Å². The number of aromatic nitrogens is 4. The summed E-state index contributed by atoms with van der Waals surface area (Å²) in [6.45, 7) is -0.470. The number of fused-ring (bicyclic) bond motifs is 1. The molecule has 3 heterocycles. The van der Waals surface area contributed by atoms with Gasteiger partial charge >= 0.3 is 17.9 Å². The number of benzene rings is 5. The molecule has 1 fully saturated rings. The molecule has 5 aromatic carbocycles. The van der Waals surface area contributed by atoms with Crippen molar-refractivity contribution in [2.45, 2.75) is 24.5 Å². The van der Waals surface area contributed by atoms with Gasteiger partial charge in [0.2, 0.25) is 0 Å². The summed E-state index contributed by atoms with van der Waals surface area (Å²) in [5.74, 6) is -1.93. The number of esters is 3. The van der Waals surface area contributed by atoms with E-state index in [0.29, 0.717) is 11.1 Å². The quantitative estimate of drug-likeness (QED) is 0.0541. The first-order valence-corrected chi connectivity index (χ1v) is 19.3. The summed E-state index contributed by atoms with van der Waals surface area (Å²) < 4.78 is 26.1. The van der Waals surface area contributed by atoms with Gasteiger partial charge < -0.3 is 23.8 Å². The van der Waals surface area contributed by atoms with Gasteiger partial charge in [0, 0.05) is 25.2 Å². The van der Waals surface area contributed by atoms with Crippen molar-refractivity contribution < 1.29 is 33.3 Å². The summed E-state index contributed by atoms with van der Waals surface area (Å²) in [7, 11) is 3.59. The Morgan fingerprint density at radius 1 is 0.656 bits per heavy atom. The number of ether oxygens (including phenoxy) is 4. The van der Waals surface area contributed by atoms with Gasteiger partial charge in [-0.05, 0) is 36.4 Å². The highest BCUT2D eigenvalue weighted by Crippen LogP contribution is 2.38. The van der Waals surface area contributed by atoms with E-state index in [1.807, 2.05) is 30.3 Å². The van der Waals surface area contributed by atoms with E-state index in [9.17, 15) is 14.4 Å². The summed E-state index contributed by atoms with van der Waals surface area (Å²) in [5.41, 5.74) is 1.10. The van der Waals surface area contributed by atoms with E-state index in [2.05, 4.69) is 4.99 Å². The van der Waals surface area contributed by atoms with E-state index in [4.69, 9.17) is 33.9 Å². The lowest BCUT2D eigenvalue weighted by atomic mass is 10.1. The first-order valence-electron chi connectivity index (χ1n) is 19.3. The number of carbonyl (C=O) groups excluding carboxylic acids is 3. The zero-order chi connectivity index (χ0) is 42.3. The maximum absolute atomic E-state index is 15.2. The number of hydrogen-bond acceptors (Lipinski definition) is 12. The van der Waals surface area contributed by atoms with Gasteiger partial charge in [0.1, 0.15) is 18.4 Å². The van der Waals surface area contributed by atoms with Gasteiger partial charge in [0.15, 0.2) is 41.2 Å². The van der Waals surface area contributed by atoms with E-state index >= 15 is 4.79 Å². The molecule has 61 heavy (non-hydrogen) atoms.